The van der Waals surface area contributed by atoms with Crippen LogP contribution in [0, 0.1) is 0 Å². The highest BCUT2D eigenvalue weighted by Crippen LogP contribution is 2.13. The number of carbonyl (C=O) groups excluding carboxylic acids is 1. The number of hydrogen-bond donors (Lipinski definition) is 0. The van der Waals surface area contributed by atoms with Gasteiger partial charge in [-0.15, -0.1) is 0 Å². The lowest BCUT2D eigenvalue weighted by Gasteiger charge is -2.31. The molecule has 1 rings (SSSR count). The normalized spacial score (nSPS) is 21.3. The summed E-state index contributed by atoms with van der Waals surface area (Å²) in [6, 6.07) is 0. The van der Waals surface area contributed by atoms with E-state index in [2.05, 4.69) is 11.8 Å². The minimum absolute atomic E-state index is 0.256. The second kappa shape index (κ2) is 9.11. The van der Waals surface area contributed by atoms with Crippen molar-refractivity contribution < 1.29 is 14.3 Å². The van der Waals surface area contributed by atoms with Crippen LogP contribution in [0.1, 0.15) is 33.1 Å². The summed E-state index contributed by atoms with van der Waals surface area (Å²) in [5, 5.41) is 0. The summed E-state index contributed by atoms with van der Waals surface area (Å²) in [5.74, 6) is -0.256. The van der Waals surface area contributed by atoms with Crippen molar-refractivity contribution in [2.75, 3.05) is 32.8 Å². The average molecular weight is 255 g/mol. The largest absolute Gasteiger partial charge is 0.463 e. The van der Waals surface area contributed by atoms with Crippen LogP contribution in [0.3, 0.4) is 0 Å². The monoisotopic (exact) mass is 255 g/mol. The smallest absolute Gasteiger partial charge is 0.330 e. The Hall–Kier alpha value is -0.870. The van der Waals surface area contributed by atoms with Gasteiger partial charge in [0.15, 0.2) is 0 Å². The summed E-state index contributed by atoms with van der Waals surface area (Å²) in [6.07, 6.45) is 7.13. The molecule has 1 aliphatic rings. The van der Waals surface area contributed by atoms with Gasteiger partial charge in [0.2, 0.25) is 0 Å². The zero-order valence-corrected chi connectivity index (χ0v) is 11.6. The average Bonchev–Trinajstić information content (AvgIpc) is 2.37. The Morgan fingerprint density at radius 3 is 3.00 bits per heavy atom. The van der Waals surface area contributed by atoms with Gasteiger partial charge >= 0.3 is 5.97 Å². The molecule has 1 atom stereocenters. The Kier molecular flexibility index (Phi) is 7.69. The molecule has 1 unspecified atom stereocenters. The molecule has 1 fully saturated rings. The fraction of sp³-hybridized carbons (Fsp3) is 0.786. The van der Waals surface area contributed by atoms with Gasteiger partial charge in [-0.3, -0.25) is 4.90 Å². The van der Waals surface area contributed by atoms with Crippen LogP contribution in [-0.2, 0) is 14.3 Å². The first-order valence-corrected chi connectivity index (χ1v) is 6.93. The molecule has 0 bridgehead atoms. The van der Waals surface area contributed by atoms with Crippen molar-refractivity contribution in [2.24, 2.45) is 0 Å². The number of carbonyl (C=O) groups is 1. The van der Waals surface area contributed by atoms with E-state index < -0.39 is 0 Å². The number of esters is 1. The van der Waals surface area contributed by atoms with Crippen LogP contribution >= 0.6 is 0 Å². The molecule has 4 heteroatoms. The number of piperidine rings is 1. The van der Waals surface area contributed by atoms with E-state index in [0.29, 0.717) is 12.7 Å². The lowest BCUT2D eigenvalue weighted by Crippen LogP contribution is -2.39. The Bertz CT molecular complexity index is 266. The van der Waals surface area contributed by atoms with Crippen molar-refractivity contribution in [3.63, 3.8) is 0 Å². The first-order valence-electron chi connectivity index (χ1n) is 6.93. The molecular weight excluding hydrogens is 230 g/mol. The van der Waals surface area contributed by atoms with Gasteiger partial charge in [-0.05, 0) is 32.7 Å². The molecule has 0 amide bonds. The molecule has 0 spiro atoms. The molecule has 0 radical (unpaired) electrons. The van der Waals surface area contributed by atoms with E-state index in [1.165, 1.54) is 12.5 Å². The second-order valence-electron chi connectivity index (χ2n) is 4.55. The number of likely N-dealkylation sites (tertiary alicyclic amines) is 1. The fourth-order valence-electron chi connectivity index (χ4n) is 2.09. The minimum Gasteiger partial charge on any atom is -0.463 e. The predicted molar refractivity (Wildman–Crippen MR) is 71.5 cm³/mol. The quantitative estimate of drug-likeness (QED) is 0.515. The Labute approximate surface area is 110 Å². The van der Waals surface area contributed by atoms with E-state index in [0.717, 1.165) is 39.1 Å². The van der Waals surface area contributed by atoms with Crippen LogP contribution in [0.25, 0.3) is 0 Å². The number of ether oxygens (including phenoxy) is 2. The third-order valence-electron chi connectivity index (χ3n) is 2.92. The van der Waals surface area contributed by atoms with Gasteiger partial charge in [-0.2, -0.15) is 0 Å². The zero-order valence-electron chi connectivity index (χ0n) is 11.6. The van der Waals surface area contributed by atoms with E-state index in [9.17, 15) is 4.79 Å². The lowest BCUT2D eigenvalue weighted by atomic mass is 10.1. The highest BCUT2D eigenvalue weighted by Gasteiger charge is 2.18. The maximum atomic E-state index is 11.1. The van der Waals surface area contributed by atoms with Crippen molar-refractivity contribution in [1.29, 1.82) is 0 Å². The van der Waals surface area contributed by atoms with Crippen LogP contribution in [-0.4, -0.2) is 49.8 Å². The molecule has 0 aromatic rings. The summed E-state index contributed by atoms with van der Waals surface area (Å²) in [6.45, 7) is 8.06. The number of hydrogen-bond acceptors (Lipinski definition) is 4. The summed E-state index contributed by atoms with van der Waals surface area (Å²) >= 11 is 0. The second-order valence-corrected chi connectivity index (χ2v) is 4.55. The number of nitrogens with zero attached hydrogens (tertiary/aromatic N) is 1. The lowest BCUT2D eigenvalue weighted by molar-refractivity contribution is -0.137. The molecule has 0 aliphatic carbocycles. The summed E-state index contributed by atoms with van der Waals surface area (Å²) in [7, 11) is 0. The SMILES string of the molecule is CCCOC1CCCN(C/C=C/C(=O)OCC)C1. The molecule has 0 aromatic carbocycles. The van der Waals surface area contributed by atoms with Crippen molar-refractivity contribution in [3.8, 4) is 0 Å². The summed E-state index contributed by atoms with van der Waals surface area (Å²) in [4.78, 5) is 13.5. The topological polar surface area (TPSA) is 38.8 Å². The van der Waals surface area contributed by atoms with Gasteiger partial charge in [0.05, 0.1) is 12.7 Å². The molecular formula is C14H25NO3. The van der Waals surface area contributed by atoms with E-state index in [-0.39, 0.29) is 5.97 Å². The van der Waals surface area contributed by atoms with Gasteiger partial charge < -0.3 is 9.47 Å². The number of rotatable bonds is 7. The molecule has 0 saturated carbocycles. The zero-order chi connectivity index (χ0) is 13.2. The van der Waals surface area contributed by atoms with Crippen LogP contribution in [0.5, 0.6) is 0 Å². The van der Waals surface area contributed by atoms with Gasteiger partial charge in [0.25, 0.3) is 0 Å². The Balaban J connectivity index is 2.23. The minimum atomic E-state index is -0.256. The van der Waals surface area contributed by atoms with Crippen LogP contribution in [0.4, 0.5) is 0 Å². The molecule has 1 saturated heterocycles. The van der Waals surface area contributed by atoms with Crippen molar-refractivity contribution in [3.05, 3.63) is 12.2 Å². The van der Waals surface area contributed by atoms with Crippen molar-refractivity contribution in [2.45, 2.75) is 39.2 Å². The molecule has 1 heterocycles. The van der Waals surface area contributed by atoms with Crippen LogP contribution in [0.15, 0.2) is 12.2 Å². The van der Waals surface area contributed by atoms with Crippen molar-refractivity contribution >= 4 is 5.97 Å². The molecule has 1 aliphatic heterocycles. The third kappa shape index (κ3) is 6.17. The predicted octanol–water partition coefficient (Wildman–Crippen LogP) is 2.00. The maximum Gasteiger partial charge on any atom is 0.330 e. The van der Waals surface area contributed by atoms with Gasteiger partial charge in [0, 0.05) is 25.8 Å². The van der Waals surface area contributed by atoms with Gasteiger partial charge in [0.1, 0.15) is 0 Å². The van der Waals surface area contributed by atoms with Crippen molar-refractivity contribution in [1.82, 2.24) is 4.90 Å². The van der Waals surface area contributed by atoms with Crippen LogP contribution in [0.2, 0.25) is 0 Å². The van der Waals surface area contributed by atoms with E-state index in [4.69, 9.17) is 9.47 Å². The highest BCUT2D eigenvalue weighted by molar-refractivity contribution is 5.81. The molecule has 4 nitrogen and oxygen atoms in total. The first kappa shape index (κ1) is 15.2. The van der Waals surface area contributed by atoms with Gasteiger partial charge in [-0.25, -0.2) is 4.79 Å². The maximum absolute atomic E-state index is 11.1. The Morgan fingerprint density at radius 1 is 1.44 bits per heavy atom. The van der Waals surface area contributed by atoms with E-state index >= 15 is 0 Å². The third-order valence-corrected chi connectivity index (χ3v) is 2.92. The summed E-state index contributed by atoms with van der Waals surface area (Å²) in [5.41, 5.74) is 0. The molecule has 0 N–H and O–H groups in total. The van der Waals surface area contributed by atoms with E-state index in [1.807, 2.05) is 13.0 Å². The Morgan fingerprint density at radius 2 is 2.28 bits per heavy atom. The van der Waals surface area contributed by atoms with E-state index in [1.54, 1.807) is 0 Å². The highest BCUT2D eigenvalue weighted by atomic mass is 16.5. The fourth-order valence-corrected chi connectivity index (χ4v) is 2.09. The first-order chi connectivity index (χ1) is 8.76. The molecule has 104 valence electrons. The van der Waals surface area contributed by atoms with Gasteiger partial charge in [-0.1, -0.05) is 13.0 Å². The summed E-state index contributed by atoms with van der Waals surface area (Å²) < 4.78 is 10.6. The molecule has 18 heavy (non-hydrogen) atoms. The molecule has 0 aromatic heterocycles. The van der Waals surface area contributed by atoms with Crippen LogP contribution < -0.4 is 0 Å². The standard InChI is InChI=1S/C14H25NO3/c1-3-11-18-13-7-5-9-15(12-13)10-6-8-14(16)17-4-2/h6,8,13H,3-5,7,9-12H2,1-2H3/b8-6+.